The van der Waals surface area contributed by atoms with Crippen molar-refractivity contribution in [1.82, 2.24) is 4.57 Å². The summed E-state index contributed by atoms with van der Waals surface area (Å²) in [5.41, 5.74) is 16.0. The van der Waals surface area contributed by atoms with Crippen LogP contribution >= 0.6 is 0 Å². The van der Waals surface area contributed by atoms with Crippen molar-refractivity contribution in [3.8, 4) is 16.8 Å². The lowest BCUT2D eigenvalue weighted by Gasteiger charge is -2.29. The topological polar surface area (TPSA) is 8.17 Å². The second kappa shape index (κ2) is 15.2. The molecule has 7 aromatic rings. The van der Waals surface area contributed by atoms with Crippen molar-refractivity contribution in [3.63, 3.8) is 0 Å². The van der Waals surface area contributed by atoms with Crippen molar-refractivity contribution in [3.05, 3.63) is 228 Å². The Hall–Kier alpha value is -6.64. The first-order chi connectivity index (χ1) is 27.7. The lowest BCUT2D eigenvalue weighted by Crippen LogP contribution is -2.19. The molecule has 10 rings (SSSR count). The van der Waals surface area contributed by atoms with Gasteiger partial charge in [-0.1, -0.05) is 148 Å². The minimum absolute atomic E-state index is 0.279. The Labute approximate surface area is 331 Å². The molecule has 0 amide bonds. The summed E-state index contributed by atoms with van der Waals surface area (Å²) < 4.78 is 2.49. The lowest BCUT2D eigenvalue weighted by atomic mass is 9.86. The number of allylic oxidation sites excluding steroid dienone is 8. The van der Waals surface area contributed by atoms with E-state index in [9.17, 15) is 0 Å². The van der Waals surface area contributed by atoms with Crippen LogP contribution in [0.5, 0.6) is 0 Å². The third kappa shape index (κ3) is 6.37. The number of nitrogens with zero attached hydrogens (tertiary/aromatic N) is 2. The molecule has 1 atom stereocenters. The van der Waals surface area contributed by atoms with Crippen molar-refractivity contribution in [2.45, 2.75) is 39.0 Å². The van der Waals surface area contributed by atoms with E-state index in [4.69, 9.17) is 0 Å². The molecule has 0 N–H and O–H groups in total. The normalized spacial score (nSPS) is 17.7. The van der Waals surface area contributed by atoms with Crippen LogP contribution in [0.15, 0.2) is 206 Å². The minimum Gasteiger partial charge on any atom is -0.317 e. The van der Waals surface area contributed by atoms with Gasteiger partial charge in [0.2, 0.25) is 0 Å². The first-order valence-electron chi connectivity index (χ1n) is 20.0. The third-order valence-corrected chi connectivity index (χ3v) is 11.4. The smallest absolute Gasteiger partial charge is 0.0538 e. The van der Waals surface area contributed by atoms with Gasteiger partial charge in [0.25, 0.3) is 0 Å². The van der Waals surface area contributed by atoms with Crippen molar-refractivity contribution in [1.29, 1.82) is 0 Å². The Bertz CT molecular complexity index is 2730. The number of benzene rings is 6. The van der Waals surface area contributed by atoms with Crippen LogP contribution in [0.2, 0.25) is 0 Å². The molecule has 2 aliphatic carbocycles. The Morgan fingerprint density at radius 2 is 1.36 bits per heavy atom. The SMILES string of the molecule is C=C1/C=C(c2ccc3c(c2)c2c(n3-c3ccccc3)CC(c3ccc(-c4cccc5ccccc45)cc3)C=C2)\C=C/N(c2ccccc2)C2=C1CCC=C2.CC. The van der Waals surface area contributed by atoms with E-state index in [0.29, 0.717) is 0 Å². The summed E-state index contributed by atoms with van der Waals surface area (Å²) in [7, 11) is 0. The van der Waals surface area contributed by atoms with Gasteiger partial charge in [0, 0.05) is 45.8 Å². The fraction of sp³-hybridized carbons (Fsp3) is 0.111. The second-order valence-electron chi connectivity index (χ2n) is 14.5. The summed E-state index contributed by atoms with van der Waals surface area (Å²) >= 11 is 0. The van der Waals surface area contributed by atoms with Gasteiger partial charge in [-0.25, -0.2) is 0 Å². The fourth-order valence-corrected chi connectivity index (χ4v) is 8.66. The maximum Gasteiger partial charge on any atom is 0.0538 e. The van der Waals surface area contributed by atoms with Crippen molar-refractivity contribution < 1.29 is 0 Å². The largest absolute Gasteiger partial charge is 0.317 e. The molecular weight excluding hydrogens is 677 g/mol. The molecule has 0 radical (unpaired) electrons. The quantitative estimate of drug-likeness (QED) is 0.172. The van der Waals surface area contributed by atoms with Crippen LogP contribution in [-0.2, 0) is 6.42 Å². The molecule has 56 heavy (non-hydrogen) atoms. The number of aromatic nitrogens is 1. The first-order valence-corrected chi connectivity index (χ1v) is 20.0. The highest BCUT2D eigenvalue weighted by atomic mass is 15.1. The highest BCUT2D eigenvalue weighted by Crippen LogP contribution is 2.41. The highest BCUT2D eigenvalue weighted by molar-refractivity contribution is 5.98. The Morgan fingerprint density at radius 1 is 0.643 bits per heavy atom. The average Bonchev–Trinajstić information content (AvgIpc) is 3.60. The number of hydrogen-bond donors (Lipinski definition) is 0. The molecule has 3 aliphatic rings. The van der Waals surface area contributed by atoms with Gasteiger partial charge in [0.15, 0.2) is 0 Å². The lowest BCUT2D eigenvalue weighted by molar-refractivity contribution is 0.783. The first kappa shape index (κ1) is 35.1. The summed E-state index contributed by atoms with van der Waals surface area (Å²) in [6.07, 6.45) is 19.0. The van der Waals surface area contributed by atoms with Crippen LogP contribution in [0.1, 0.15) is 55.0 Å². The zero-order valence-corrected chi connectivity index (χ0v) is 32.2. The molecule has 1 aromatic heterocycles. The van der Waals surface area contributed by atoms with Gasteiger partial charge in [0.05, 0.1) is 5.52 Å². The molecular formula is C54H46N2. The molecule has 0 saturated carbocycles. The van der Waals surface area contributed by atoms with E-state index in [2.05, 4.69) is 204 Å². The molecule has 2 heterocycles. The summed E-state index contributed by atoms with van der Waals surface area (Å²) in [5, 5.41) is 3.83. The average molecular weight is 723 g/mol. The molecule has 6 aromatic carbocycles. The molecule has 0 bridgehead atoms. The van der Waals surface area contributed by atoms with Crippen LogP contribution in [0.3, 0.4) is 0 Å². The van der Waals surface area contributed by atoms with Gasteiger partial charge in [0.1, 0.15) is 0 Å². The van der Waals surface area contributed by atoms with Crippen molar-refractivity contribution in [2.75, 3.05) is 4.90 Å². The molecule has 2 heteroatoms. The van der Waals surface area contributed by atoms with E-state index in [1.165, 1.54) is 72.1 Å². The maximum absolute atomic E-state index is 4.61. The van der Waals surface area contributed by atoms with Crippen LogP contribution < -0.4 is 4.90 Å². The van der Waals surface area contributed by atoms with E-state index in [-0.39, 0.29) is 5.92 Å². The zero-order chi connectivity index (χ0) is 38.0. The van der Waals surface area contributed by atoms with Crippen LogP contribution in [0.4, 0.5) is 5.69 Å². The summed E-state index contributed by atoms with van der Waals surface area (Å²) in [4.78, 5) is 2.31. The van der Waals surface area contributed by atoms with Crippen molar-refractivity contribution in [2.24, 2.45) is 0 Å². The zero-order valence-electron chi connectivity index (χ0n) is 32.2. The standard InChI is InChI=1S/C52H40N2.C2H6/c1-36-33-42(31-32-53(43-15-4-2-5-16-43)50-22-11-10-19-45(36)50)40-28-30-51-49(34-40)48-29-27-41(35-52(48)54(51)44-17-6-3-7-18-44)37-23-25-39(26-24-37)47-21-12-14-38-13-8-9-20-46(38)47;1-2/h2-9,11-18,20-34,41H,1,10,19,35H2;1-2H3/b32-31-,42-33+;. The number of anilines is 1. The monoisotopic (exact) mass is 722 g/mol. The fourth-order valence-electron chi connectivity index (χ4n) is 8.66. The van der Waals surface area contributed by atoms with Crippen LogP contribution in [0, 0.1) is 0 Å². The summed E-state index contributed by atoms with van der Waals surface area (Å²) in [6.45, 7) is 8.61. The van der Waals surface area contributed by atoms with E-state index in [0.717, 1.165) is 36.1 Å². The third-order valence-electron chi connectivity index (χ3n) is 11.4. The Morgan fingerprint density at radius 3 is 2.16 bits per heavy atom. The molecule has 0 spiro atoms. The Kier molecular flexibility index (Phi) is 9.55. The molecule has 1 unspecified atom stereocenters. The number of rotatable bonds is 5. The number of hydrogen-bond acceptors (Lipinski definition) is 1. The van der Waals surface area contributed by atoms with E-state index >= 15 is 0 Å². The molecule has 1 aliphatic heterocycles. The minimum atomic E-state index is 0.279. The number of para-hydroxylation sites is 2. The number of fused-ring (bicyclic) bond motifs is 4. The molecule has 0 fully saturated rings. The van der Waals surface area contributed by atoms with Gasteiger partial charge < -0.3 is 9.47 Å². The van der Waals surface area contributed by atoms with Crippen molar-refractivity contribution >= 4 is 39.0 Å². The molecule has 272 valence electrons. The van der Waals surface area contributed by atoms with Gasteiger partial charge in [-0.2, -0.15) is 0 Å². The van der Waals surface area contributed by atoms with Gasteiger partial charge in [-0.15, -0.1) is 0 Å². The predicted molar refractivity (Wildman–Crippen MR) is 240 cm³/mol. The van der Waals surface area contributed by atoms with Crippen LogP contribution in [0.25, 0.3) is 50.1 Å². The van der Waals surface area contributed by atoms with E-state index in [1.807, 2.05) is 13.8 Å². The summed E-state index contributed by atoms with van der Waals surface area (Å²) in [5.74, 6) is 0.279. The molecule has 2 nitrogen and oxygen atoms in total. The van der Waals surface area contributed by atoms with E-state index < -0.39 is 0 Å². The van der Waals surface area contributed by atoms with E-state index in [1.54, 1.807) is 0 Å². The highest BCUT2D eigenvalue weighted by Gasteiger charge is 2.25. The van der Waals surface area contributed by atoms with Crippen LogP contribution in [-0.4, -0.2) is 4.57 Å². The molecule has 0 saturated heterocycles. The summed E-state index contributed by atoms with van der Waals surface area (Å²) in [6, 6.07) is 52.9. The van der Waals surface area contributed by atoms with Gasteiger partial charge in [-0.05, 0) is 124 Å². The second-order valence-corrected chi connectivity index (χ2v) is 14.5. The van der Waals surface area contributed by atoms with Gasteiger partial charge >= 0.3 is 0 Å². The van der Waals surface area contributed by atoms with Gasteiger partial charge in [-0.3, -0.25) is 0 Å². The Balaban J connectivity index is 0.00000202. The maximum atomic E-state index is 4.61. The predicted octanol–water partition coefficient (Wildman–Crippen LogP) is 14.4.